The minimum atomic E-state index is -1.06. The van der Waals surface area contributed by atoms with E-state index < -0.39 is 24.5 Å². The first-order valence-corrected chi connectivity index (χ1v) is 12.9. The van der Waals surface area contributed by atoms with E-state index in [-0.39, 0.29) is 12.6 Å². The Bertz CT molecular complexity index is 1170. The van der Waals surface area contributed by atoms with Gasteiger partial charge in [-0.15, -0.1) is 0 Å². The Labute approximate surface area is 213 Å². The molecular weight excluding hydrogens is 452 g/mol. The largest absolute Gasteiger partial charge is 0.464 e. The molecule has 0 heterocycles. The van der Waals surface area contributed by atoms with Gasteiger partial charge in [-0.2, -0.15) is 0 Å². The summed E-state index contributed by atoms with van der Waals surface area (Å²) in [6.07, 6.45) is 4.49. The number of ether oxygens (including phenoxy) is 1. The van der Waals surface area contributed by atoms with Crippen LogP contribution in [0.25, 0.3) is 10.8 Å². The summed E-state index contributed by atoms with van der Waals surface area (Å²) in [6.45, 7) is 3.62. The molecule has 1 aliphatic rings. The van der Waals surface area contributed by atoms with Crippen molar-refractivity contribution in [3.63, 3.8) is 0 Å². The maximum absolute atomic E-state index is 12.6. The van der Waals surface area contributed by atoms with Crippen LogP contribution in [-0.2, 0) is 9.53 Å². The van der Waals surface area contributed by atoms with Gasteiger partial charge >= 0.3 is 5.97 Å². The summed E-state index contributed by atoms with van der Waals surface area (Å²) in [7, 11) is 0. The number of amides is 1. The smallest absolute Gasteiger partial charge is 0.331 e. The average molecular weight is 489 g/mol. The number of hydrogen-bond donors (Lipinski definition) is 3. The van der Waals surface area contributed by atoms with Crippen molar-refractivity contribution in [3.8, 4) is 0 Å². The van der Waals surface area contributed by atoms with Crippen LogP contribution in [0, 0.1) is 0 Å². The fourth-order valence-electron chi connectivity index (χ4n) is 5.29. The molecule has 36 heavy (non-hydrogen) atoms. The lowest BCUT2D eigenvalue weighted by molar-refractivity contribution is -0.146. The molecule has 1 amide bonds. The minimum Gasteiger partial charge on any atom is -0.464 e. The Morgan fingerprint density at radius 2 is 1.78 bits per heavy atom. The highest BCUT2D eigenvalue weighted by molar-refractivity contribution is 5.96. The molecule has 6 nitrogen and oxygen atoms in total. The molecular formula is C30H36N2O4. The van der Waals surface area contributed by atoms with Crippen molar-refractivity contribution in [2.24, 2.45) is 0 Å². The van der Waals surface area contributed by atoms with Crippen molar-refractivity contribution >= 4 is 22.6 Å². The molecule has 0 spiro atoms. The summed E-state index contributed by atoms with van der Waals surface area (Å²) in [5, 5.41) is 18.4. The lowest BCUT2D eigenvalue weighted by Gasteiger charge is -2.32. The number of carbonyl (C=O) groups is 2. The van der Waals surface area contributed by atoms with Gasteiger partial charge in [0.1, 0.15) is 0 Å². The normalized spacial score (nSPS) is 19.4. The molecule has 6 heteroatoms. The van der Waals surface area contributed by atoms with Crippen LogP contribution < -0.4 is 10.6 Å². The van der Waals surface area contributed by atoms with Crippen LogP contribution in [0.15, 0.2) is 66.7 Å². The molecule has 3 N–H and O–H groups in total. The fourth-order valence-corrected chi connectivity index (χ4v) is 5.29. The van der Waals surface area contributed by atoms with Crippen molar-refractivity contribution in [1.29, 1.82) is 0 Å². The highest BCUT2D eigenvalue weighted by Gasteiger charge is 2.26. The number of esters is 1. The molecule has 1 aliphatic carbocycles. The summed E-state index contributed by atoms with van der Waals surface area (Å²) in [5.74, 6) is -0.609. The second-order valence-electron chi connectivity index (χ2n) is 9.60. The third kappa shape index (κ3) is 6.12. The van der Waals surface area contributed by atoms with Gasteiger partial charge < -0.3 is 20.5 Å². The molecule has 1 fully saturated rings. The summed E-state index contributed by atoms with van der Waals surface area (Å²) >= 11 is 0. The number of benzene rings is 3. The molecule has 0 aromatic heterocycles. The van der Waals surface area contributed by atoms with Crippen molar-refractivity contribution in [2.45, 2.75) is 63.6 Å². The number of aliphatic hydroxyl groups excluding tert-OH is 1. The van der Waals surface area contributed by atoms with Crippen LogP contribution >= 0.6 is 0 Å². The maximum atomic E-state index is 12.6. The fraction of sp³-hybridized carbons (Fsp3) is 0.400. The quantitative estimate of drug-likeness (QED) is 0.374. The van der Waals surface area contributed by atoms with Gasteiger partial charge in [-0.05, 0) is 73.1 Å². The van der Waals surface area contributed by atoms with Gasteiger partial charge in [-0.1, -0.05) is 61.0 Å². The van der Waals surface area contributed by atoms with Gasteiger partial charge in [0.05, 0.1) is 13.2 Å². The SMILES string of the molecule is CCOC(=O)C(CO)NC(=O)c1ccc([C@H]2CCC[C@H](N[C@H](C)c3cccc4ccccc34)C2)cc1. The van der Waals surface area contributed by atoms with Crippen LogP contribution in [0.2, 0.25) is 0 Å². The van der Waals surface area contributed by atoms with Gasteiger partial charge in [0.2, 0.25) is 0 Å². The zero-order valence-electron chi connectivity index (χ0n) is 21.1. The van der Waals surface area contributed by atoms with E-state index in [4.69, 9.17) is 4.74 Å². The van der Waals surface area contributed by atoms with E-state index in [1.807, 2.05) is 12.1 Å². The second-order valence-corrected chi connectivity index (χ2v) is 9.60. The molecule has 0 bridgehead atoms. The molecule has 0 radical (unpaired) electrons. The Balaban J connectivity index is 1.37. The van der Waals surface area contributed by atoms with Crippen molar-refractivity contribution < 1.29 is 19.4 Å². The van der Waals surface area contributed by atoms with E-state index in [0.29, 0.717) is 17.5 Å². The number of rotatable bonds is 9. The van der Waals surface area contributed by atoms with Crippen molar-refractivity contribution in [2.75, 3.05) is 13.2 Å². The van der Waals surface area contributed by atoms with Crippen molar-refractivity contribution in [3.05, 3.63) is 83.4 Å². The first-order valence-electron chi connectivity index (χ1n) is 12.9. The Kier molecular flexibility index (Phi) is 8.73. The first kappa shape index (κ1) is 25.9. The summed E-state index contributed by atoms with van der Waals surface area (Å²) in [4.78, 5) is 24.4. The standard InChI is InChI=1S/C30H36N2O4/c1-3-36-30(35)28(19-33)32-29(34)23-16-14-21(15-17-23)24-10-6-11-25(18-24)31-20(2)26-13-7-9-22-8-4-5-12-27(22)26/h4-5,7-9,12-17,20,24-25,28,31,33H,3,6,10-11,18-19H2,1-2H3,(H,32,34)/t20-,24+,25+,28?/m1/s1. The van der Waals surface area contributed by atoms with Gasteiger partial charge in [0.15, 0.2) is 6.04 Å². The Morgan fingerprint density at radius 3 is 2.53 bits per heavy atom. The number of hydrogen-bond acceptors (Lipinski definition) is 5. The molecule has 0 aliphatic heterocycles. The lowest BCUT2D eigenvalue weighted by Crippen LogP contribution is -2.44. The van der Waals surface area contributed by atoms with E-state index in [2.05, 4.69) is 60.0 Å². The van der Waals surface area contributed by atoms with Crippen LogP contribution in [0.1, 0.15) is 73.0 Å². The molecule has 3 aromatic rings. The first-order chi connectivity index (χ1) is 17.5. The van der Waals surface area contributed by atoms with E-state index in [1.54, 1.807) is 19.1 Å². The third-order valence-electron chi connectivity index (χ3n) is 7.15. The second kappa shape index (κ2) is 12.2. The topological polar surface area (TPSA) is 87.7 Å². The molecule has 3 aromatic carbocycles. The van der Waals surface area contributed by atoms with E-state index >= 15 is 0 Å². The van der Waals surface area contributed by atoms with E-state index in [1.165, 1.54) is 21.9 Å². The monoisotopic (exact) mass is 488 g/mol. The molecule has 4 atom stereocenters. The van der Waals surface area contributed by atoms with Gasteiger partial charge in [-0.3, -0.25) is 4.79 Å². The predicted octanol–water partition coefficient (Wildman–Crippen LogP) is 4.87. The Morgan fingerprint density at radius 1 is 1.03 bits per heavy atom. The molecule has 0 saturated heterocycles. The van der Waals surface area contributed by atoms with E-state index in [0.717, 1.165) is 25.7 Å². The molecule has 190 valence electrons. The van der Waals surface area contributed by atoms with E-state index in [9.17, 15) is 14.7 Å². The lowest BCUT2D eigenvalue weighted by atomic mass is 9.80. The highest BCUT2D eigenvalue weighted by atomic mass is 16.5. The Hall–Kier alpha value is -3.22. The average Bonchev–Trinajstić information content (AvgIpc) is 2.91. The zero-order valence-corrected chi connectivity index (χ0v) is 21.1. The molecule has 1 saturated carbocycles. The number of carbonyl (C=O) groups excluding carboxylic acids is 2. The number of aliphatic hydroxyl groups is 1. The van der Waals surface area contributed by atoms with Crippen LogP contribution in [-0.4, -0.2) is 42.3 Å². The summed E-state index contributed by atoms with van der Waals surface area (Å²) < 4.78 is 4.90. The summed E-state index contributed by atoms with van der Waals surface area (Å²) in [5.41, 5.74) is 3.01. The summed E-state index contributed by atoms with van der Waals surface area (Å²) in [6, 6.07) is 22.3. The van der Waals surface area contributed by atoms with Gasteiger partial charge in [0.25, 0.3) is 5.91 Å². The zero-order chi connectivity index (χ0) is 25.5. The minimum absolute atomic E-state index is 0.192. The van der Waals surface area contributed by atoms with Gasteiger partial charge in [0, 0.05) is 17.6 Å². The van der Waals surface area contributed by atoms with Crippen LogP contribution in [0.3, 0.4) is 0 Å². The molecule has 4 rings (SSSR count). The predicted molar refractivity (Wildman–Crippen MR) is 142 cm³/mol. The van der Waals surface area contributed by atoms with Crippen molar-refractivity contribution in [1.82, 2.24) is 10.6 Å². The van der Waals surface area contributed by atoms with Crippen LogP contribution in [0.4, 0.5) is 0 Å². The maximum Gasteiger partial charge on any atom is 0.331 e. The number of fused-ring (bicyclic) bond motifs is 1. The highest BCUT2D eigenvalue weighted by Crippen LogP contribution is 2.34. The third-order valence-corrected chi connectivity index (χ3v) is 7.15. The molecule has 1 unspecified atom stereocenters. The van der Waals surface area contributed by atoms with Gasteiger partial charge in [-0.25, -0.2) is 4.79 Å². The number of nitrogens with one attached hydrogen (secondary N) is 2. The van der Waals surface area contributed by atoms with Crippen LogP contribution in [0.5, 0.6) is 0 Å².